The van der Waals surface area contributed by atoms with Gasteiger partial charge in [0.2, 0.25) is 11.5 Å². The van der Waals surface area contributed by atoms with E-state index in [1.807, 2.05) is 0 Å². The van der Waals surface area contributed by atoms with Crippen LogP contribution in [0, 0.1) is 0 Å². The maximum Gasteiger partial charge on any atom is 0.211 e. The van der Waals surface area contributed by atoms with Gasteiger partial charge in [-0.05, 0) is 35.4 Å². The minimum atomic E-state index is -0.435. The van der Waals surface area contributed by atoms with Crippen LogP contribution in [-0.4, -0.2) is 15.3 Å². The van der Waals surface area contributed by atoms with E-state index >= 15 is 0 Å². The topological polar surface area (TPSA) is 79.2 Å². The van der Waals surface area contributed by atoms with Crippen LogP contribution in [0.3, 0.4) is 0 Å². The summed E-state index contributed by atoms with van der Waals surface area (Å²) in [6.07, 6.45) is 3.13. The standard InChI is InChI=1S/C17H16O5/c1-3-11-5-6-14(18)13(7-11)10-21-22-16-9-12(4-2)8-15(19)17(16)20/h3-9,18-20H,1-2,10H2. The van der Waals surface area contributed by atoms with Crippen molar-refractivity contribution in [2.24, 2.45) is 0 Å². The quantitative estimate of drug-likeness (QED) is 0.431. The Kier molecular flexibility index (Phi) is 4.70. The zero-order valence-electron chi connectivity index (χ0n) is 11.8. The second kappa shape index (κ2) is 6.69. The molecule has 0 aliphatic rings. The molecule has 0 saturated heterocycles. The van der Waals surface area contributed by atoms with E-state index in [4.69, 9.17) is 9.78 Å². The molecule has 2 aromatic carbocycles. The fourth-order valence-corrected chi connectivity index (χ4v) is 1.80. The van der Waals surface area contributed by atoms with Gasteiger partial charge >= 0.3 is 0 Å². The van der Waals surface area contributed by atoms with Crippen molar-refractivity contribution in [2.75, 3.05) is 0 Å². The highest BCUT2D eigenvalue weighted by molar-refractivity contribution is 5.60. The predicted octanol–water partition coefficient (Wildman–Crippen LogP) is 3.60. The number of phenols is 3. The molecular weight excluding hydrogens is 284 g/mol. The van der Waals surface area contributed by atoms with Gasteiger partial charge in [-0.3, -0.25) is 0 Å². The maximum atomic E-state index is 9.74. The van der Waals surface area contributed by atoms with E-state index < -0.39 is 5.75 Å². The van der Waals surface area contributed by atoms with Crippen LogP contribution in [0.15, 0.2) is 43.5 Å². The summed E-state index contributed by atoms with van der Waals surface area (Å²) >= 11 is 0. The van der Waals surface area contributed by atoms with Crippen molar-refractivity contribution in [3.63, 3.8) is 0 Å². The Morgan fingerprint density at radius 3 is 2.32 bits per heavy atom. The lowest BCUT2D eigenvalue weighted by Crippen LogP contribution is -1.99. The molecule has 0 unspecified atom stereocenters. The third kappa shape index (κ3) is 3.39. The number of aromatic hydroxyl groups is 3. The Morgan fingerprint density at radius 2 is 1.64 bits per heavy atom. The van der Waals surface area contributed by atoms with Crippen LogP contribution in [0.25, 0.3) is 12.2 Å². The Labute approximate surface area is 127 Å². The molecule has 114 valence electrons. The SMILES string of the molecule is C=Cc1ccc(O)c(COOc2cc(C=C)cc(O)c2O)c1. The lowest BCUT2D eigenvalue weighted by molar-refractivity contribution is -0.218. The van der Waals surface area contributed by atoms with Crippen LogP contribution >= 0.6 is 0 Å². The van der Waals surface area contributed by atoms with Crippen molar-refractivity contribution in [1.29, 1.82) is 0 Å². The maximum absolute atomic E-state index is 9.74. The zero-order chi connectivity index (χ0) is 16.1. The second-order valence-corrected chi connectivity index (χ2v) is 4.53. The number of hydrogen-bond acceptors (Lipinski definition) is 5. The molecule has 0 bridgehead atoms. The minimum absolute atomic E-state index is 0.0470. The highest BCUT2D eigenvalue weighted by atomic mass is 17.2. The molecule has 2 rings (SSSR count). The van der Waals surface area contributed by atoms with Crippen LogP contribution in [0.1, 0.15) is 16.7 Å². The number of phenolic OH excluding ortho intramolecular Hbond substituents is 3. The fraction of sp³-hybridized carbons (Fsp3) is 0.0588. The normalized spacial score (nSPS) is 10.2. The Morgan fingerprint density at radius 1 is 0.909 bits per heavy atom. The molecule has 0 amide bonds. The van der Waals surface area contributed by atoms with E-state index in [1.54, 1.807) is 18.2 Å². The molecule has 5 nitrogen and oxygen atoms in total. The minimum Gasteiger partial charge on any atom is -0.508 e. The van der Waals surface area contributed by atoms with E-state index in [9.17, 15) is 15.3 Å². The third-order valence-electron chi connectivity index (χ3n) is 3.02. The van der Waals surface area contributed by atoms with Gasteiger partial charge in [0.25, 0.3) is 0 Å². The molecule has 0 spiro atoms. The lowest BCUT2D eigenvalue weighted by Gasteiger charge is -2.10. The molecule has 0 aromatic heterocycles. The summed E-state index contributed by atoms with van der Waals surface area (Å²) in [5, 5.41) is 29.0. The summed E-state index contributed by atoms with van der Waals surface area (Å²) in [5.74, 6) is -0.766. The summed E-state index contributed by atoms with van der Waals surface area (Å²) < 4.78 is 0. The van der Waals surface area contributed by atoms with Gasteiger partial charge in [-0.1, -0.05) is 31.4 Å². The molecule has 0 saturated carbocycles. The number of rotatable bonds is 6. The number of benzene rings is 2. The number of hydrogen-bond donors (Lipinski definition) is 3. The van der Waals surface area contributed by atoms with Crippen molar-refractivity contribution in [3.8, 4) is 23.0 Å². The van der Waals surface area contributed by atoms with Gasteiger partial charge in [-0.25, -0.2) is 0 Å². The zero-order valence-corrected chi connectivity index (χ0v) is 11.8. The third-order valence-corrected chi connectivity index (χ3v) is 3.02. The van der Waals surface area contributed by atoms with Gasteiger partial charge in [-0.2, -0.15) is 4.89 Å². The first-order valence-electron chi connectivity index (χ1n) is 6.47. The molecule has 0 heterocycles. The van der Waals surface area contributed by atoms with Crippen LogP contribution in [0.2, 0.25) is 0 Å². The molecule has 5 heteroatoms. The fourth-order valence-electron chi connectivity index (χ4n) is 1.80. The Hall–Kier alpha value is -2.92. The summed E-state index contributed by atoms with van der Waals surface area (Å²) in [6, 6.07) is 7.74. The van der Waals surface area contributed by atoms with Gasteiger partial charge in [-0.15, -0.1) is 0 Å². The van der Waals surface area contributed by atoms with Crippen molar-refractivity contribution < 1.29 is 25.1 Å². The van der Waals surface area contributed by atoms with Crippen molar-refractivity contribution in [3.05, 3.63) is 60.2 Å². The first-order valence-corrected chi connectivity index (χ1v) is 6.47. The monoisotopic (exact) mass is 300 g/mol. The Balaban J connectivity index is 2.10. The first-order chi connectivity index (χ1) is 10.5. The average molecular weight is 300 g/mol. The first kappa shape index (κ1) is 15.5. The van der Waals surface area contributed by atoms with Crippen LogP contribution in [0.4, 0.5) is 0 Å². The molecule has 0 aliphatic heterocycles. The molecule has 0 radical (unpaired) electrons. The van der Waals surface area contributed by atoms with Crippen molar-refractivity contribution >= 4 is 12.2 Å². The van der Waals surface area contributed by atoms with Gasteiger partial charge in [0, 0.05) is 5.56 Å². The van der Waals surface area contributed by atoms with Gasteiger partial charge in [0.05, 0.1) is 0 Å². The molecule has 0 fully saturated rings. The molecule has 0 aliphatic carbocycles. The van der Waals surface area contributed by atoms with Crippen LogP contribution in [-0.2, 0) is 11.5 Å². The summed E-state index contributed by atoms with van der Waals surface area (Å²) in [5.41, 5.74) is 1.89. The van der Waals surface area contributed by atoms with Crippen LogP contribution in [0.5, 0.6) is 23.0 Å². The molecular formula is C17H16O5. The highest BCUT2D eigenvalue weighted by Crippen LogP contribution is 2.37. The van der Waals surface area contributed by atoms with Gasteiger partial charge in [0.1, 0.15) is 12.4 Å². The molecule has 22 heavy (non-hydrogen) atoms. The molecule has 0 atom stereocenters. The van der Waals surface area contributed by atoms with Gasteiger partial charge in [0.15, 0.2) is 5.75 Å². The van der Waals surface area contributed by atoms with E-state index in [0.717, 1.165) is 5.56 Å². The van der Waals surface area contributed by atoms with Gasteiger partial charge < -0.3 is 20.2 Å². The van der Waals surface area contributed by atoms with E-state index in [0.29, 0.717) is 11.1 Å². The summed E-state index contributed by atoms with van der Waals surface area (Å²) in [4.78, 5) is 10.0. The smallest absolute Gasteiger partial charge is 0.211 e. The second-order valence-electron chi connectivity index (χ2n) is 4.53. The van der Waals surface area contributed by atoms with Crippen molar-refractivity contribution in [1.82, 2.24) is 0 Å². The van der Waals surface area contributed by atoms with Crippen LogP contribution < -0.4 is 4.89 Å². The predicted molar refractivity (Wildman–Crippen MR) is 83.5 cm³/mol. The van der Waals surface area contributed by atoms with E-state index in [1.165, 1.54) is 24.3 Å². The van der Waals surface area contributed by atoms with E-state index in [-0.39, 0.29) is 23.9 Å². The van der Waals surface area contributed by atoms with E-state index in [2.05, 4.69) is 13.2 Å². The van der Waals surface area contributed by atoms with Crippen molar-refractivity contribution in [2.45, 2.75) is 6.61 Å². The lowest BCUT2D eigenvalue weighted by atomic mass is 10.1. The molecule has 3 N–H and O–H groups in total. The Bertz CT molecular complexity index is 706. The summed E-state index contributed by atoms with van der Waals surface area (Å²) in [6.45, 7) is 7.17. The summed E-state index contributed by atoms with van der Waals surface area (Å²) in [7, 11) is 0. The average Bonchev–Trinajstić information content (AvgIpc) is 2.52. The highest BCUT2D eigenvalue weighted by Gasteiger charge is 2.11. The largest absolute Gasteiger partial charge is 0.508 e. The molecule has 2 aromatic rings.